The van der Waals surface area contributed by atoms with E-state index in [0.29, 0.717) is 11.5 Å². The van der Waals surface area contributed by atoms with Gasteiger partial charge < -0.3 is 29.7 Å². The van der Waals surface area contributed by atoms with Gasteiger partial charge in [-0.2, -0.15) is 0 Å². The van der Waals surface area contributed by atoms with E-state index in [9.17, 15) is 24.3 Å². The molecule has 226 valence electrons. The Morgan fingerprint density at radius 1 is 1.02 bits per heavy atom. The van der Waals surface area contributed by atoms with Crippen LogP contribution in [0.25, 0.3) is 11.4 Å². The van der Waals surface area contributed by atoms with Crippen LogP contribution in [0.3, 0.4) is 0 Å². The van der Waals surface area contributed by atoms with Gasteiger partial charge in [-0.1, -0.05) is 43.2 Å². The molecule has 42 heavy (non-hydrogen) atoms. The molecule has 12 nitrogen and oxygen atoms in total. The van der Waals surface area contributed by atoms with Gasteiger partial charge >= 0.3 is 12.1 Å². The van der Waals surface area contributed by atoms with Gasteiger partial charge in [-0.3, -0.25) is 14.4 Å². The van der Waals surface area contributed by atoms with Crippen LogP contribution in [0.5, 0.6) is 0 Å². The van der Waals surface area contributed by atoms with Crippen molar-refractivity contribution in [3.8, 4) is 11.4 Å². The number of amides is 3. The quantitative estimate of drug-likeness (QED) is 0.431. The number of hydrogen-bond acceptors (Lipinski definition) is 8. The van der Waals surface area contributed by atoms with Crippen molar-refractivity contribution in [2.75, 3.05) is 39.9 Å². The van der Waals surface area contributed by atoms with Crippen molar-refractivity contribution in [2.45, 2.75) is 63.5 Å². The van der Waals surface area contributed by atoms with E-state index >= 15 is 0 Å². The predicted octanol–water partition coefficient (Wildman–Crippen LogP) is 3.08. The minimum atomic E-state index is -1.08. The summed E-state index contributed by atoms with van der Waals surface area (Å²) in [6, 6.07) is 9.92. The molecule has 3 atom stereocenters. The van der Waals surface area contributed by atoms with Crippen LogP contribution >= 0.6 is 0 Å². The number of piperazine rings is 1. The largest absolute Gasteiger partial charge is 0.481 e. The Labute approximate surface area is 245 Å². The highest BCUT2D eigenvalue weighted by molar-refractivity contribution is 5.96. The monoisotopic (exact) mass is 581 g/mol. The van der Waals surface area contributed by atoms with E-state index in [2.05, 4.69) is 10.3 Å². The summed E-state index contributed by atoms with van der Waals surface area (Å²) in [5.41, 5.74) is 1.54. The number of aliphatic carboxylic acids is 1. The molecule has 1 aliphatic carbocycles. The van der Waals surface area contributed by atoms with Crippen LogP contribution in [-0.2, 0) is 19.1 Å². The first kappa shape index (κ1) is 30.9. The van der Waals surface area contributed by atoms with Gasteiger partial charge in [0.1, 0.15) is 11.7 Å². The van der Waals surface area contributed by atoms with Crippen molar-refractivity contribution >= 4 is 23.9 Å². The molecule has 2 aromatic rings. The van der Waals surface area contributed by atoms with Gasteiger partial charge in [-0.15, -0.1) is 0 Å². The lowest BCUT2D eigenvalue weighted by Gasteiger charge is -2.36. The van der Waals surface area contributed by atoms with E-state index in [1.54, 1.807) is 20.1 Å². The Kier molecular flexibility index (Phi) is 10.8. The van der Waals surface area contributed by atoms with Crippen LogP contribution in [0.4, 0.5) is 4.79 Å². The highest BCUT2D eigenvalue weighted by Gasteiger charge is 2.33. The van der Waals surface area contributed by atoms with Gasteiger partial charge in [0.2, 0.25) is 5.91 Å². The number of carboxylic acids is 1. The summed E-state index contributed by atoms with van der Waals surface area (Å²) in [7, 11) is 1.68. The number of carbonyl (C=O) groups is 4. The van der Waals surface area contributed by atoms with E-state index in [-0.39, 0.29) is 63.3 Å². The average Bonchev–Trinajstić information content (AvgIpc) is 3.02. The number of aromatic nitrogens is 2. The Bertz CT molecular complexity index is 1250. The number of carboxylic acid groups (broad SMARTS) is 1. The molecule has 2 unspecified atom stereocenters. The van der Waals surface area contributed by atoms with Crippen molar-refractivity contribution in [2.24, 2.45) is 0 Å². The van der Waals surface area contributed by atoms with Crippen LogP contribution in [0.1, 0.15) is 67.5 Å². The fourth-order valence-corrected chi connectivity index (χ4v) is 5.51. The normalized spacial score (nSPS) is 19.6. The van der Waals surface area contributed by atoms with Crippen molar-refractivity contribution in [1.82, 2.24) is 25.1 Å². The van der Waals surface area contributed by atoms with Gasteiger partial charge in [0, 0.05) is 51.2 Å². The Morgan fingerprint density at radius 2 is 1.71 bits per heavy atom. The molecule has 1 aromatic heterocycles. The molecule has 2 heterocycles. The second-order valence-corrected chi connectivity index (χ2v) is 10.5. The molecule has 1 aliphatic heterocycles. The number of nitrogens with zero attached hydrogens (tertiary/aromatic N) is 4. The zero-order chi connectivity index (χ0) is 30.1. The molecule has 0 radical (unpaired) electrons. The van der Waals surface area contributed by atoms with E-state index in [1.165, 1.54) is 9.80 Å². The molecule has 3 amide bonds. The maximum absolute atomic E-state index is 13.6. The molecule has 1 saturated carbocycles. The fraction of sp³-hybridized carbons (Fsp3) is 0.533. The van der Waals surface area contributed by atoms with Gasteiger partial charge in [-0.05, 0) is 32.3 Å². The van der Waals surface area contributed by atoms with Crippen molar-refractivity contribution in [1.29, 1.82) is 0 Å². The second-order valence-electron chi connectivity index (χ2n) is 10.5. The zero-order valence-corrected chi connectivity index (χ0v) is 24.2. The first-order valence-electron chi connectivity index (χ1n) is 14.5. The maximum Gasteiger partial charge on any atom is 0.409 e. The van der Waals surface area contributed by atoms with Crippen LogP contribution in [0, 0.1) is 0 Å². The number of ether oxygens (including phenoxy) is 2. The van der Waals surface area contributed by atoms with Gasteiger partial charge in [0.15, 0.2) is 5.82 Å². The predicted molar refractivity (Wildman–Crippen MR) is 153 cm³/mol. The minimum absolute atomic E-state index is 0.0131. The molecular weight excluding hydrogens is 542 g/mol. The molecule has 2 N–H and O–H groups in total. The molecule has 0 bridgehead atoms. The summed E-state index contributed by atoms with van der Waals surface area (Å²) >= 11 is 0. The van der Waals surface area contributed by atoms with Gasteiger partial charge in [-0.25, -0.2) is 14.8 Å². The zero-order valence-electron chi connectivity index (χ0n) is 24.2. The Morgan fingerprint density at radius 3 is 2.38 bits per heavy atom. The molecule has 1 saturated heterocycles. The van der Waals surface area contributed by atoms with Crippen LogP contribution < -0.4 is 5.32 Å². The summed E-state index contributed by atoms with van der Waals surface area (Å²) in [5, 5.41) is 12.1. The maximum atomic E-state index is 13.6. The third kappa shape index (κ3) is 7.81. The lowest BCUT2D eigenvalue weighted by atomic mass is 9.83. The Balaban J connectivity index is 1.57. The standard InChI is InChI=1S/C30H39N5O7/c1-3-42-30(40)35-17-15-34(16-18-35)29(39)22(13-14-26(36)37)33-28(38)24-19-23(21-11-7-8-12-25(21)41-2)31-27(32-24)20-9-5-4-6-10-20/h4-6,9-10,19,21-22,25H,3,7-8,11-18H2,1-2H3,(H,33,38)(H,36,37)/t21?,22-,25?/m0/s1. The number of rotatable bonds is 10. The fourth-order valence-electron chi connectivity index (χ4n) is 5.51. The summed E-state index contributed by atoms with van der Waals surface area (Å²) in [4.78, 5) is 63.0. The number of hydrogen-bond donors (Lipinski definition) is 2. The van der Waals surface area contributed by atoms with Crippen molar-refractivity contribution in [3.05, 3.63) is 47.8 Å². The third-order valence-electron chi connectivity index (χ3n) is 7.76. The summed E-state index contributed by atoms with van der Waals surface area (Å²) in [5.74, 6) is -1.69. The summed E-state index contributed by atoms with van der Waals surface area (Å²) in [6.07, 6.45) is 2.96. The van der Waals surface area contributed by atoms with E-state index in [4.69, 9.17) is 14.5 Å². The molecule has 4 rings (SSSR count). The first-order chi connectivity index (χ1) is 20.3. The summed E-state index contributed by atoms with van der Waals surface area (Å²) in [6.45, 7) is 3.02. The van der Waals surface area contributed by atoms with Crippen molar-refractivity contribution in [3.63, 3.8) is 0 Å². The van der Waals surface area contributed by atoms with Crippen molar-refractivity contribution < 1.29 is 33.8 Å². The summed E-state index contributed by atoms with van der Waals surface area (Å²) < 4.78 is 10.8. The highest BCUT2D eigenvalue weighted by atomic mass is 16.6. The second kappa shape index (κ2) is 14.7. The molecule has 2 aliphatic rings. The molecular formula is C30H39N5O7. The average molecular weight is 582 g/mol. The molecule has 0 spiro atoms. The molecule has 12 heteroatoms. The van der Waals surface area contributed by atoms with Gasteiger partial charge in [0.05, 0.1) is 18.4 Å². The smallest absolute Gasteiger partial charge is 0.409 e. The number of benzene rings is 1. The SMILES string of the molecule is CCOC(=O)N1CCN(C(=O)[C@H](CCC(=O)O)NC(=O)c2cc(C3CCCCC3OC)nc(-c3ccccc3)n2)CC1. The number of methoxy groups -OCH3 is 1. The minimum Gasteiger partial charge on any atom is -0.481 e. The van der Waals surface area contributed by atoms with E-state index in [1.807, 2.05) is 30.3 Å². The van der Waals surface area contributed by atoms with Crippen LogP contribution in [0.2, 0.25) is 0 Å². The topological polar surface area (TPSA) is 151 Å². The molecule has 2 fully saturated rings. The Hall–Kier alpha value is -4.06. The lowest BCUT2D eigenvalue weighted by Crippen LogP contribution is -2.56. The lowest BCUT2D eigenvalue weighted by molar-refractivity contribution is -0.138. The highest BCUT2D eigenvalue weighted by Crippen LogP contribution is 2.35. The van der Waals surface area contributed by atoms with E-state index < -0.39 is 29.9 Å². The van der Waals surface area contributed by atoms with E-state index in [0.717, 1.165) is 31.2 Å². The number of carbonyl (C=O) groups excluding carboxylic acids is 3. The van der Waals surface area contributed by atoms with Gasteiger partial charge in [0.25, 0.3) is 5.91 Å². The number of nitrogens with one attached hydrogen (secondary N) is 1. The first-order valence-corrected chi connectivity index (χ1v) is 14.5. The van der Waals surface area contributed by atoms with Crippen LogP contribution in [0.15, 0.2) is 36.4 Å². The third-order valence-corrected chi connectivity index (χ3v) is 7.76. The molecule has 1 aromatic carbocycles. The van der Waals surface area contributed by atoms with Crippen LogP contribution in [-0.4, -0.2) is 101 Å².